The van der Waals surface area contributed by atoms with Gasteiger partial charge in [0.1, 0.15) is 0 Å². The topological polar surface area (TPSA) is 81.2 Å². The molecular weight excluding hydrogens is 1310 g/mol. The number of fused-ring (bicyclic) bond motifs is 6. The number of hydrogen-bond donors (Lipinski definition) is 0. The maximum absolute atomic E-state index is 6.29. The average Bonchev–Trinajstić information content (AvgIpc) is 1.67. The zero-order valence-corrected chi connectivity index (χ0v) is 60.4. The van der Waals surface area contributed by atoms with Gasteiger partial charge in [-0.3, -0.25) is 9.97 Å². The Labute approximate surface area is 604 Å². The van der Waals surface area contributed by atoms with Crippen molar-refractivity contribution in [2.24, 2.45) is 0 Å². The van der Waals surface area contributed by atoms with E-state index in [0.29, 0.717) is 0 Å². The Morgan fingerprint density at radius 1 is 0.267 bits per heavy atom. The summed E-state index contributed by atoms with van der Waals surface area (Å²) in [5.74, 6) is 0. The van der Waals surface area contributed by atoms with Crippen LogP contribution < -0.4 is 5.46 Å². The highest BCUT2D eigenvalue weighted by atomic mass is 79.9. The van der Waals surface area contributed by atoms with Gasteiger partial charge in [-0.05, 0) is 238 Å². The van der Waals surface area contributed by atoms with Crippen LogP contribution in [-0.2, 0) is 27.9 Å². The van der Waals surface area contributed by atoms with E-state index in [-0.39, 0.29) is 29.8 Å². The Hall–Kier alpha value is -9.07. The Bertz CT molecular complexity index is 5230. The lowest BCUT2D eigenvalue weighted by Crippen LogP contribution is -2.41. The van der Waals surface area contributed by atoms with Crippen LogP contribution in [0.4, 0.5) is 0 Å². The van der Waals surface area contributed by atoms with Crippen molar-refractivity contribution in [1.82, 2.24) is 9.97 Å². The zero-order chi connectivity index (χ0) is 69.5. The lowest BCUT2D eigenvalue weighted by Gasteiger charge is -2.32. The van der Waals surface area contributed by atoms with Gasteiger partial charge >= 0.3 is 21.1 Å². The second-order valence-electron chi connectivity index (χ2n) is 29.6. The van der Waals surface area contributed by atoms with Crippen LogP contribution in [0.3, 0.4) is 0 Å². The highest BCUT2D eigenvalue weighted by molar-refractivity contribution is 9.10. The maximum atomic E-state index is 6.29. The highest BCUT2D eigenvalue weighted by Crippen LogP contribution is 2.48. The number of nitrogens with zero attached hydrogens (tertiary/aromatic N) is 2. The van der Waals surface area contributed by atoms with E-state index < -0.39 is 32.3 Å². The quantitative estimate of drug-likeness (QED) is 0.110. The summed E-state index contributed by atoms with van der Waals surface area (Å²) in [6, 6.07) is 91.5. The number of aromatic nitrogens is 2. The SMILES string of the molecule is Brc1ccc(-c2c3ccccc3c(-c3ccc(-c4ccc5ccccc5c4)cc3)c3ccccc23)nc1.C.CC1(C)OB(B2OC(C)(C)C(C)(C)O2)OC1(C)C.CC1(C)OB(c2ccc(-c3c4ccccc4c(-c4ccc(-c5ccc6ccccc6c5)cc4)c4ccccc34)nc2)OC1(C)C. The normalized spacial score (nSPS) is 16.9. The molecule has 0 aliphatic carbocycles. The lowest BCUT2D eigenvalue weighted by atomic mass is 9.49. The molecule has 3 aliphatic rings. The molecule has 0 N–H and O–H groups in total. The van der Waals surface area contributed by atoms with Gasteiger partial charge in [0.25, 0.3) is 0 Å². The van der Waals surface area contributed by atoms with Crippen molar-refractivity contribution in [2.75, 3.05) is 0 Å². The molecule has 0 atom stereocenters. The van der Waals surface area contributed by atoms with Crippen molar-refractivity contribution in [3.8, 4) is 67.0 Å². The van der Waals surface area contributed by atoms with Crippen LogP contribution in [0, 0.1) is 0 Å². The molecule has 0 amide bonds. The van der Waals surface area contributed by atoms with Gasteiger partial charge < -0.3 is 27.9 Å². The van der Waals surface area contributed by atoms with Crippen molar-refractivity contribution in [1.29, 1.82) is 0 Å². The Balaban J connectivity index is 0.000000139. The minimum Gasteiger partial charge on any atom is -0.405 e. The third-order valence-corrected chi connectivity index (χ3v) is 22.2. The molecule has 0 unspecified atom stereocenters. The molecule has 0 bridgehead atoms. The van der Waals surface area contributed by atoms with E-state index in [1.54, 1.807) is 0 Å². The summed E-state index contributed by atoms with van der Waals surface area (Å²) in [4.78, 5) is 9.77. The number of benzene rings is 12. The van der Waals surface area contributed by atoms with Crippen LogP contribution in [0.25, 0.3) is 132 Å². The predicted molar refractivity (Wildman–Crippen MR) is 428 cm³/mol. The summed E-state index contributed by atoms with van der Waals surface area (Å²) in [7, 11) is -1.39. The van der Waals surface area contributed by atoms with E-state index in [1.807, 2.05) is 67.8 Å². The van der Waals surface area contributed by atoms with Crippen LogP contribution in [0.15, 0.2) is 272 Å². The fraction of sp³-hybridized carbons (Fsp3) is 0.213. The minimum atomic E-state index is -0.476. The number of pyridine rings is 2. The fourth-order valence-corrected chi connectivity index (χ4v) is 14.3. The number of rotatable bonds is 8. The molecule has 3 saturated heterocycles. The van der Waals surface area contributed by atoms with E-state index >= 15 is 0 Å². The molecule has 0 spiro atoms. The molecule has 12 heteroatoms. The summed E-state index contributed by atoms with van der Waals surface area (Å²) in [5, 5.41) is 14.7. The number of halogens is 1. The molecule has 3 aliphatic heterocycles. The summed E-state index contributed by atoms with van der Waals surface area (Å²) in [6.45, 7) is 24.5. The van der Waals surface area contributed by atoms with Crippen molar-refractivity contribution in [3.05, 3.63) is 272 Å². The van der Waals surface area contributed by atoms with Gasteiger partial charge in [-0.25, -0.2) is 0 Å². The second kappa shape index (κ2) is 26.7. The third-order valence-electron chi connectivity index (χ3n) is 21.7. The zero-order valence-electron chi connectivity index (χ0n) is 58.9. The standard InChI is InChI=1S/C41H34BNO2.C35H22BrN.C12H24B2O4.CH4/c1-40(2)41(3,4)45-42(44-40)32-23-24-37(43-26-32)39-35-15-9-7-13-33(35)38(34-14-8-10-16-36(34)39)29-20-17-28(18-21-29)31-22-19-27-11-5-6-12-30(27)25-31;36-28-19-20-33(37-22-28)35-31-11-5-3-9-29(31)34(30-10-4-6-12-32(30)35)25-16-13-24(14-17-25)27-18-15-23-7-1-2-8-26(23)21-27;1-9(2)10(3,4)16-13(15-9)14-17-11(5,6)12(7,8)18-14;/h5-26H,1-4H3;1-22H;1-8H3;1H4. The molecule has 101 heavy (non-hydrogen) atoms. The monoisotopic (exact) mass is 1390 g/mol. The smallest absolute Gasteiger partial charge is 0.405 e. The summed E-state index contributed by atoms with van der Waals surface area (Å²) < 4.78 is 37.4. The van der Waals surface area contributed by atoms with E-state index in [1.165, 1.54) is 115 Å². The molecule has 12 aromatic carbocycles. The molecule has 17 rings (SSSR count). The molecule has 14 aromatic rings. The van der Waals surface area contributed by atoms with E-state index in [4.69, 9.17) is 37.9 Å². The third kappa shape index (κ3) is 12.9. The Kier molecular flexibility index (Phi) is 18.3. The first-order valence-electron chi connectivity index (χ1n) is 34.6. The Morgan fingerprint density at radius 2 is 0.545 bits per heavy atom. The van der Waals surface area contributed by atoms with E-state index in [0.717, 1.165) is 26.9 Å². The molecule has 0 radical (unpaired) electrons. The van der Waals surface area contributed by atoms with Crippen LogP contribution in [0.5, 0.6) is 0 Å². The van der Waals surface area contributed by atoms with Crippen molar-refractivity contribution in [3.63, 3.8) is 0 Å². The molecule has 3 fully saturated rings. The van der Waals surface area contributed by atoms with Crippen molar-refractivity contribution < 1.29 is 27.9 Å². The van der Waals surface area contributed by atoms with Gasteiger partial charge in [-0.2, -0.15) is 0 Å². The lowest BCUT2D eigenvalue weighted by molar-refractivity contribution is 0.00578. The van der Waals surface area contributed by atoms with Crippen LogP contribution in [0.1, 0.15) is 90.5 Å². The highest BCUT2D eigenvalue weighted by Gasteiger charge is 2.64. The van der Waals surface area contributed by atoms with Crippen LogP contribution in [-0.4, -0.2) is 64.7 Å². The van der Waals surface area contributed by atoms with Crippen LogP contribution >= 0.6 is 15.9 Å². The van der Waals surface area contributed by atoms with Gasteiger partial charge in [0.15, 0.2) is 0 Å². The first-order chi connectivity index (χ1) is 47.9. The summed E-state index contributed by atoms with van der Waals surface area (Å²) in [6.07, 6.45) is 3.78. The van der Waals surface area contributed by atoms with Gasteiger partial charge in [0, 0.05) is 33.5 Å². The van der Waals surface area contributed by atoms with Gasteiger partial charge in [-0.1, -0.05) is 232 Å². The molecule has 0 saturated carbocycles. The largest absolute Gasteiger partial charge is 0.496 e. The van der Waals surface area contributed by atoms with Crippen molar-refractivity contribution >= 4 is 107 Å². The minimum absolute atomic E-state index is 0. The number of hydrogen-bond acceptors (Lipinski definition) is 8. The van der Waals surface area contributed by atoms with Gasteiger partial charge in [0.2, 0.25) is 0 Å². The average molecular weight is 1390 g/mol. The fourth-order valence-electron chi connectivity index (χ4n) is 14.0. The molecule has 502 valence electrons. The Morgan fingerprint density at radius 3 is 0.861 bits per heavy atom. The first kappa shape index (κ1) is 69.0. The van der Waals surface area contributed by atoms with E-state index in [9.17, 15) is 0 Å². The molecule has 8 nitrogen and oxygen atoms in total. The predicted octanol–water partition coefficient (Wildman–Crippen LogP) is 23.0. The van der Waals surface area contributed by atoms with Crippen molar-refractivity contribution in [2.45, 2.75) is 124 Å². The first-order valence-corrected chi connectivity index (χ1v) is 35.4. The molecule has 2 aromatic heterocycles. The maximum Gasteiger partial charge on any atom is 0.496 e. The van der Waals surface area contributed by atoms with Gasteiger partial charge in [0.05, 0.1) is 45.0 Å². The molecular formula is C89H84B3BrN2O6. The summed E-state index contributed by atoms with van der Waals surface area (Å²) >= 11 is 3.53. The van der Waals surface area contributed by atoms with E-state index in [2.05, 4.69) is 298 Å². The molecule has 5 heterocycles. The van der Waals surface area contributed by atoms with Gasteiger partial charge in [-0.15, -0.1) is 0 Å². The van der Waals surface area contributed by atoms with Crippen LogP contribution in [0.2, 0.25) is 0 Å². The second-order valence-corrected chi connectivity index (χ2v) is 30.6. The summed E-state index contributed by atoms with van der Waals surface area (Å²) in [5.41, 5.74) is 12.7.